The van der Waals surface area contributed by atoms with E-state index in [0.29, 0.717) is 0 Å². The molecule has 112 valence electrons. The van der Waals surface area contributed by atoms with Gasteiger partial charge in [-0.3, -0.25) is 4.98 Å². The third-order valence-corrected chi connectivity index (χ3v) is 4.12. The summed E-state index contributed by atoms with van der Waals surface area (Å²) in [5.74, 6) is -0.326. The summed E-state index contributed by atoms with van der Waals surface area (Å²) in [5, 5.41) is 0. The van der Waals surface area contributed by atoms with Gasteiger partial charge in [0.25, 0.3) is 0 Å². The molecular formula is C15H24FN3O. The lowest BCUT2D eigenvalue weighted by atomic mass is 9.94. The summed E-state index contributed by atoms with van der Waals surface area (Å²) in [6.07, 6.45) is 4.29. The Balaban J connectivity index is 1.84. The lowest BCUT2D eigenvalue weighted by molar-refractivity contribution is -0.0510. The van der Waals surface area contributed by atoms with Gasteiger partial charge in [-0.25, -0.2) is 4.39 Å². The monoisotopic (exact) mass is 281 g/mol. The molecule has 0 saturated carbocycles. The largest absolute Gasteiger partial charge is 0.377 e. The Morgan fingerprint density at radius 2 is 2.35 bits per heavy atom. The molecule has 4 nitrogen and oxygen atoms in total. The average molecular weight is 281 g/mol. The summed E-state index contributed by atoms with van der Waals surface area (Å²) in [5.41, 5.74) is 6.82. The molecule has 1 aliphatic heterocycles. The van der Waals surface area contributed by atoms with Crippen molar-refractivity contribution in [2.24, 2.45) is 5.73 Å². The number of aromatic nitrogens is 1. The predicted molar refractivity (Wildman–Crippen MR) is 76.8 cm³/mol. The van der Waals surface area contributed by atoms with Gasteiger partial charge in [0.05, 0.1) is 17.5 Å². The van der Waals surface area contributed by atoms with Crippen molar-refractivity contribution in [3.05, 3.63) is 29.8 Å². The standard InChI is InChI=1S/C15H24FN3O/c1-15(20-2)7-3-8-19(11-15)9-6-13(17)14-5-4-12(16)10-18-14/h4-5,10,13H,3,6-9,11,17H2,1-2H3. The molecule has 0 spiro atoms. The first kappa shape index (κ1) is 15.4. The van der Waals surface area contributed by atoms with Gasteiger partial charge in [0.15, 0.2) is 0 Å². The van der Waals surface area contributed by atoms with Gasteiger partial charge >= 0.3 is 0 Å². The first-order valence-electron chi connectivity index (χ1n) is 7.17. The van der Waals surface area contributed by atoms with E-state index < -0.39 is 0 Å². The van der Waals surface area contributed by atoms with E-state index in [2.05, 4.69) is 16.8 Å². The van der Waals surface area contributed by atoms with Gasteiger partial charge in [-0.2, -0.15) is 0 Å². The summed E-state index contributed by atoms with van der Waals surface area (Å²) in [6.45, 7) is 5.09. The molecule has 5 heteroatoms. The number of pyridine rings is 1. The minimum absolute atomic E-state index is 0.0452. The van der Waals surface area contributed by atoms with Crippen molar-refractivity contribution in [2.45, 2.75) is 37.8 Å². The molecule has 0 amide bonds. The van der Waals surface area contributed by atoms with E-state index in [1.807, 2.05) is 0 Å². The third-order valence-electron chi connectivity index (χ3n) is 4.12. The molecule has 2 unspecified atom stereocenters. The zero-order valence-electron chi connectivity index (χ0n) is 12.3. The van der Waals surface area contributed by atoms with E-state index in [0.717, 1.165) is 44.6 Å². The summed E-state index contributed by atoms with van der Waals surface area (Å²) in [4.78, 5) is 6.43. The van der Waals surface area contributed by atoms with Crippen molar-refractivity contribution >= 4 is 0 Å². The number of hydrogen-bond donors (Lipinski definition) is 1. The highest BCUT2D eigenvalue weighted by Gasteiger charge is 2.30. The van der Waals surface area contributed by atoms with Crippen LogP contribution in [0.25, 0.3) is 0 Å². The Bertz CT molecular complexity index is 426. The van der Waals surface area contributed by atoms with Crippen LogP contribution in [-0.2, 0) is 4.74 Å². The van der Waals surface area contributed by atoms with Crippen molar-refractivity contribution in [1.29, 1.82) is 0 Å². The maximum atomic E-state index is 12.8. The molecule has 20 heavy (non-hydrogen) atoms. The second kappa shape index (κ2) is 6.61. The van der Waals surface area contributed by atoms with Crippen LogP contribution in [0.4, 0.5) is 4.39 Å². The molecule has 1 aromatic rings. The highest BCUT2D eigenvalue weighted by molar-refractivity contribution is 5.09. The lowest BCUT2D eigenvalue weighted by Crippen LogP contribution is -2.47. The second-order valence-corrected chi connectivity index (χ2v) is 5.83. The van der Waals surface area contributed by atoms with E-state index in [-0.39, 0.29) is 17.5 Å². The molecule has 1 saturated heterocycles. The van der Waals surface area contributed by atoms with Crippen LogP contribution in [0, 0.1) is 5.82 Å². The summed E-state index contributed by atoms with van der Waals surface area (Å²) in [7, 11) is 1.78. The molecule has 0 aliphatic carbocycles. The summed E-state index contributed by atoms with van der Waals surface area (Å²) >= 11 is 0. The van der Waals surface area contributed by atoms with E-state index in [1.165, 1.54) is 12.3 Å². The smallest absolute Gasteiger partial charge is 0.141 e. The molecule has 2 rings (SSSR count). The van der Waals surface area contributed by atoms with E-state index >= 15 is 0 Å². The van der Waals surface area contributed by atoms with E-state index in [1.54, 1.807) is 13.2 Å². The quantitative estimate of drug-likeness (QED) is 0.898. The molecule has 2 N–H and O–H groups in total. The van der Waals surface area contributed by atoms with Crippen LogP contribution in [-0.4, -0.2) is 42.2 Å². The lowest BCUT2D eigenvalue weighted by Gasteiger charge is -2.39. The highest BCUT2D eigenvalue weighted by Crippen LogP contribution is 2.24. The van der Waals surface area contributed by atoms with E-state index in [9.17, 15) is 4.39 Å². The SMILES string of the molecule is COC1(C)CCCN(CCC(N)c2ccc(F)cn2)C1. The molecule has 1 aromatic heterocycles. The van der Waals surface area contributed by atoms with Crippen LogP contribution in [0.2, 0.25) is 0 Å². The first-order valence-corrected chi connectivity index (χ1v) is 7.17. The molecule has 0 aromatic carbocycles. The van der Waals surface area contributed by atoms with Crippen LogP contribution >= 0.6 is 0 Å². The molecule has 0 bridgehead atoms. The number of ether oxygens (including phenoxy) is 1. The van der Waals surface area contributed by atoms with Crippen molar-refractivity contribution in [3.63, 3.8) is 0 Å². The molecular weight excluding hydrogens is 257 g/mol. The third kappa shape index (κ3) is 3.98. The highest BCUT2D eigenvalue weighted by atomic mass is 19.1. The summed E-state index contributed by atoms with van der Waals surface area (Å²) < 4.78 is 18.4. The van der Waals surface area contributed by atoms with Gasteiger partial charge < -0.3 is 15.4 Å². The van der Waals surface area contributed by atoms with Crippen molar-refractivity contribution < 1.29 is 9.13 Å². The van der Waals surface area contributed by atoms with Crippen molar-refractivity contribution in [2.75, 3.05) is 26.7 Å². The Morgan fingerprint density at radius 1 is 1.55 bits per heavy atom. The topological polar surface area (TPSA) is 51.4 Å². The normalized spacial score (nSPS) is 25.6. The van der Waals surface area contributed by atoms with Crippen molar-refractivity contribution in [3.8, 4) is 0 Å². The zero-order chi connectivity index (χ0) is 14.6. The number of nitrogens with two attached hydrogens (primary N) is 1. The van der Waals surface area contributed by atoms with Crippen LogP contribution in [0.3, 0.4) is 0 Å². The Kier molecular flexibility index (Phi) is 5.07. The second-order valence-electron chi connectivity index (χ2n) is 5.83. The molecule has 0 radical (unpaired) electrons. The fourth-order valence-corrected chi connectivity index (χ4v) is 2.74. The van der Waals surface area contributed by atoms with Gasteiger partial charge in [-0.15, -0.1) is 0 Å². The number of halogens is 1. The first-order chi connectivity index (χ1) is 9.52. The minimum Gasteiger partial charge on any atom is -0.377 e. The predicted octanol–water partition coefficient (Wildman–Crippen LogP) is 2.11. The summed E-state index contributed by atoms with van der Waals surface area (Å²) in [6, 6.07) is 2.92. The van der Waals surface area contributed by atoms with Gasteiger partial charge in [0, 0.05) is 26.2 Å². The van der Waals surface area contributed by atoms with Crippen molar-refractivity contribution in [1.82, 2.24) is 9.88 Å². The fraction of sp³-hybridized carbons (Fsp3) is 0.667. The number of piperidine rings is 1. The average Bonchev–Trinajstić information content (AvgIpc) is 2.46. The Morgan fingerprint density at radius 3 is 3.00 bits per heavy atom. The Hall–Kier alpha value is -1.04. The van der Waals surface area contributed by atoms with Crippen LogP contribution < -0.4 is 5.73 Å². The van der Waals surface area contributed by atoms with Crippen LogP contribution in [0.5, 0.6) is 0 Å². The fourth-order valence-electron chi connectivity index (χ4n) is 2.74. The van der Waals surface area contributed by atoms with Gasteiger partial charge in [-0.05, 0) is 44.9 Å². The molecule has 2 atom stereocenters. The van der Waals surface area contributed by atoms with Crippen LogP contribution in [0.1, 0.15) is 37.9 Å². The number of methoxy groups -OCH3 is 1. The minimum atomic E-state index is -0.326. The number of rotatable bonds is 5. The van der Waals surface area contributed by atoms with Gasteiger partial charge in [0.2, 0.25) is 0 Å². The number of nitrogens with zero attached hydrogens (tertiary/aromatic N) is 2. The maximum absolute atomic E-state index is 12.8. The molecule has 1 fully saturated rings. The number of likely N-dealkylation sites (tertiary alicyclic amines) is 1. The molecule has 1 aliphatic rings. The molecule has 2 heterocycles. The Labute approximate surface area is 120 Å². The maximum Gasteiger partial charge on any atom is 0.141 e. The van der Waals surface area contributed by atoms with Gasteiger partial charge in [0.1, 0.15) is 5.82 Å². The zero-order valence-corrected chi connectivity index (χ0v) is 12.3. The van der Waals surface area contributed by atoms with E-state index in [4.69, 9.17) is 10.5 Å². The van der Waals surface area contributed by atoms with Gasteiger partial charge in [-0.1, -0.05) is 0 Å². The number of hydrogen-bond acceptors (Lipinski definition) is 4. The van der Waals surface area contributed by atoms with Crippen LogP contribution in [0.15, 0.2) is 18.3 Å².